The SMILES string of the molecule is CN(CC(=O)N1CCC2(CCCNC2=O)C1)Cc1cccnc1. The second kappa shape index (κ2) is 6.66. The number of rotatable bonds is 4. The van der Waals surface area contributed by atoms with Crippen LogP contribution in [0.3, 0.4) is 0 Å². The number of aromatic nitrogens is 1. The molecule has 0 bridgehead atoms. The van der Waals surface area contributed by atoms with E-state index in [-0.39, 0.29) is 17.2 Å². The Morgan fingerprint density at radius 2 is 2.35 bits per heavy atom. The number of carbonyl (C=O) groups excluding carboxylic acids is 2. The third-order valence-electron chi connectivity index (χ3n) is 4.89. The van der Waals surface area contributed by atoms with E-state index in [1.54, 1.807) is 6.20 Å². The van der Waals surface area contributed by atoms with Crippen molar-refractivity contribution >= 4 is 11.8 Å². The molecule has 0 saturated carbocycles. The van der Waals surface area contributed by atoms with Crippen molar-refractivity contribution in [3.63, 3.8) is 0 Å². The lowest BCUT2D eigenvalue weighted by Crippen LogP contribution is -2.48. The lowest BCUT2D eigenvalue weighted by atomic mass is 9.79. The van der Waals surface area contributed by atoms with Gasteiger partial charge in [0.05, 0.1) is 12.0 Å². The molecule has 2 saturated heterocycles. The summed E-state index contributed by atoms with van der Waals surface area (Å²) < 4.78 is 0. The largest absolute Gasteiger partial charge is 0.356 e. The quantitative estimate of drug-likeness (QED) is 0.885. The summed E-state index contributed by atoms with van der Waals surface area (Å²) in [6.07, 6.45) is 6.26. The molecule has 2 aliphatic rings. The summed E-state index contributed by atoms with van der Waals surface area (Å²) in [6.45, 7) is 3.08. The van der Waals surface area contributed by atoms with Crippen molar-refractivity contribution in [2.75, 3.05) is 33.2 Å². The van der Waals surface area contributed by atoms with Crippen molar-refractivity contribution in [2.45, 2.75) is 25.8 Å². The van der Waals surface area contributed by atoms with Gasteiger partial charge in [-0.2, -0.15) is 0 Å². The normalized spacial score (nSPS) is 24.3. The predicted octanol–water partition coefficient (Wildman–Crippen LogP) is 0.642. The van der Waals surface area contributed by atoms with Gasteiger partial charge in [0.2, 0.25) is 11.8 Å². The molecule has 0 aliphatic carbocycles. The number of nitrogens with zero attached hydrogens (tertiary/aromatic N) is 3. The molecular formula is C17H24N4O2. The number of hydrogen-bond acceptors (Lipinski definition) is 4. The zero-order chi connectivity index (χ0) is 16.3. The molecule has 0 radical (unpaired) electrons. The molecule has 1 unspecified atom stereocenters. The van der Waals surface area contributed by atoms with E-state index in [4.69, 9.17) is 0 Å². The Hall–Kier alpha value is -1.95. The zero-order valence-corrected chi connectivity index (χ0v) is 13.6. The molecule has 3 heterocycles. The Bertz CT molecular complexity index is 577. The van der Waals surface area contributed by atoms with Gasteiger partial charge in [0.15, 0.2) is 0 Å². The minimum absolute atomic E-state index is 0.103. The van der Waals surface area contributed by atoms with Gasteiger partial charge in [0.1, 0.15) is 0 Å². The van der Waals surface area contributed by atoms with E-state index in [1.807, 2.05) is 35.2 Å². The molecule has 6 heteroatoms. The van der Waals surface area contributed by atoms with Crippen molar-refractivity contribution in [3.8, 4) is 0 Å². The minimum Gasteiger partial charge on any atom is -0.356 e. The fourth-order valence-electron chi connectivity index (χ4n) is 3.59. The highest BCUT2D eigenvalue weighted by molar-refractivity contribution is 5.86. The van der Waals surface area contributed by atoms with Crippen LogP contribution in [0.4, 0.5) is 0 Å². The highest BCUT2D eigenvalue weighted by Crippen LogP contribution is 2.37. The van der Waals surface area contributed by atoms with Gasteiger partial charge < -0.3 is 10.2 Å². The van der Waals surface area contributed by atoms with Crippen molar-refractivity contribution in [1.29, 1.82) is 0 Å². The third kappa shape index (κ3) is 3.52. The molecule has 2 fully saturated rings. The van der Waals surface area contributed by atoms with E-state index >= 15 is 0 Å². The van der Waals surface area contributed by atoms with Crippen LogP contribution in [0.1, 0.15) is 24.8 Å². The average Bonchev–Trinajstić information content (AvgIpc) is 2.97. The van der Waals surface area contributed by atoms with E-state index in [0.717, 1.165) is 31.4 Å². The molecule has 0 aromatic carbocycles. The van der Waals surface area contributed by atoms with E-state index in [0.29, 0.717) is 26.2 Å². The maximum atomic E-state index is 12.5. The molecule has 1 atom stereocenters. The number of likely N-dealkylation sites (N-methyl/N-ethyl adjacent to an activating group) is 1. The summed E-state index contributed by atoms with van der Waals surface area (Å²) in [6, 6.07) is 3.90. The first-order chi connectivity index (χ1) is 11.1. The molecule has 2 aliphatic heterocycles. The van der Waals surface area contributed by atoms with Crippen molar-refractivity contribution in [3.05, 3.63) is 30.1 Å². The molecular weight excluding hydrogens is 292 g/mol. The Morgan fingerprint density at radius 3 is 3.09 bits per heavy atom. The number of pyridine rings is 1. The fraction of sp³-hybridized carbons (Fsp3) is 0.588. The maximum Gasteiger partial charge on any atom is 0.236 e. The molecule has 124 valence electrons. The van der Waals surface area contributed by atoms with Crippen molar-refractivity contribution in [1.82, 2.24) is 20.1 Å². The maximum absolute atomic E-state index is 12.5. The third-order valence-corrected chi connectivity index (χ3v) is 4.89. The van der Waals surface area contributed by atoms with Crippen molar-refractivity contribution in [2.24, 2.45) is 5.41 Å². The second-order valence-electron chi connectivity index (χ2n) is 6.74. The minimum atomic E-state index is -0.337. The summed E-state index contributed by atoms with van der Waals surface area (Å²) in [4.78, 5) is 32.6. The Morgan fingerprint density at radius 1 is 1.48 bits per heavy atom. The summed E-state index contributed by atoms with van der Waals surface area (Å²) in [5.74, 6) is 0.231. The predicted molar refractivity (Wildman–Crippen MR) is 86.4 cm³/mol. The van der Waals surface area contributed by atoms with Crippen LogP contribution >= 0.6 is 0 Å². The summed E-state index contributed by atoms with van der Waals surface area (Å²) in [7, 11) is 1.93. The topological polar surface area (TPSA) is 65.5 Å². The van der Waals surface area contributed by atoms with E-state index < -0.39 is 0 Å². The molecule has 2 amide bonds. The molecule has 6 nitrogen and oxygen atoms in total. The molecule has 3 rings (SSSR count). The Kier molecular flexibility index (Phi) is 4.61. The van der Waals surface area contributed by atoms with Gasteiger partial charge in [-0.3, -0.25) is 19.5 Å². The van der Waals surface area contributed by atoms with E-state index in [1.165, 1.54) is 0 Å². The van der Waals surface area contributed by atoms with Crippen LogP contribution < -0.4 is 5.32 Å². The average molecular weight is 316 g/mol. The van der Waals surface area contributed by atoms with E-state index in [9.17, 15) is 9.59 Å². The summed E-state index contributed by atoms with van der Waals surface area (Å²) in [5.41, 5.74) is 0.753. The number of likely N-dealkylation sites (tertiary alicyclic amines) is 1. The first-order valence-electron chi connectivity index (χ1n) is 8.23. The fourth-order valence-corrected chi connectivity index (χ4v) is 3.59. The smallest absolute Gasteiger partial charge is 0.236 e. The first kappa shape index (κ1) is 15.9. The monoisotopic (exact) mass is 316 g/mol. The van der Waals surface area contributed by atoms with Gasteiger partial charge in [-0.25, -0.2) is 0 Å². The molecule has 1 N–H and O–H groups in total. The van der Waals surface area contributed by atoms with E-state index in [2.05, 4.69) is 10.3 Å². The van der Waals surface area contributed by atoms with Crippen LogP contribution in [-0.2, 0) is 16.1 Å². The van der Waals surface area contributed by atoms with Gasteiger partial charge >= 0.3 is 0 Å². The molecule has 1 spiro atoms. The Labute approximate surface area is 136 Å². The number of nitrogens with one attached hydrogen (secondary N) is 1. The second-order valence-corrected chi connectivity index (χ2v) is 6.74. The lowest BCUT2D eigenvalue weighted by molar-refractivity contribution is -0.135. The zero-order valence-electron chi connectivity index (χ0n) is 13.6. The van der Waals surface area contributed by atoms with Crippen LogP contribution in [0.5, 0.6) is 0 Å². The van der Waals surface area contributed by atoms with Gasteiger partial charge in [-0.15, -0.1) is 0 Å². The van der Waals surface area contributed by atoms with Crippen LogP contribution in [0.15, 0.2) is 24.5 Å². The van der Waals surface area contributed by atoms with Crippen LogP contribution in [0.25, 0.3) is 0 Å². The standard InChI is InChI=1S/C17H24N4O2/c1-20(11-14-4-2-7-18-10-14)12-15(22)21-9-6-17(13-21)5-3-8-19-16(17)23/h2,4,7,10H,3,5-6,8-9,11-13H2,1H3,(H,19,23). The van der Waals surface area contributed by atoms with Gasteiger partial charge in [-0.05, 0) is 37.9 Å². The van der Waals surface area contributed by atoms with Gasteiger partial charge in [0, 0.05) is 38.6 Å². The Balaban J connectivity index is 1.54. The number of hydrogen-bond donors (Lipinski definition) is 1. The van der Waals surface area contributed by atoms with Crippen LogP contribution in [-0.4, -0.2) is 59.8 Å². The van der Waals surface area contributed by atoms with Crippen LogP contribution in [0.2, 0.25) is 0 Å². The highest BCUT2D eigenvalue weighted by Gasteiger charge is 2.46. The van der Waals surface area contributed by atoms with Crippen LogP contribution in [0, 0.1) is 5.41 Å². The highest BCUT2D eigenvalue weighted by atomic mass is 16.2. The molecule has 1 aromatic rings. The number of piperidine rings is 1. The molecule has 23 heavy (non-hydrogen) atoms. The summed E-state index contributed by atoms with van der Waals surface area (Å²) in [5, 5.41) is 2.95. The summed E-state index contributed by atoms with van der Waals surface area (Å²) >= 11 is 0. The lowest BCUT2D eigenvalue weighted by Gasteiger charge is -2.32. The first-order valence-corrected chi connectivity index (χ1v) is 8.23. The van der Waals surface area contributed by atoms with Gasteiger partial charge in [0.25, 0.3) is 0 Å². The number of carbonyl (C=O) groups is 2. The van der Waals surface area contributed by atoms with Crippen molar-refractivity contribution < 1.29 is 9.59 Å². The molecule has 1 aromatic heterocycles. The van der Waals surface area contributed by atoms with Gasteiger partial charge in [-0.1, -0.05) is 6.07 Å². The number of amides is 2.